The average Bonchev–Trinajstić information content (AvgIpc) is 3.34. The van der Waals surface area contributed by atoms with Gasteiger partial charge >= 0.3 is 0 Å². The van der Waals surface area contributed by atoms with Crippen molar-refractivity contribution in [3.63, 3.8) is 0 Å². The summed E-state index contributed by atoms with van der Waals surface area (Å²) in [5, 5.41) is 9.51. The van der Waals surface area contributed by atoms with E-state index in [0.29, 0.717) is 5.82 Å². The van der Waals surface area contributed by atoms with Crippen molar-refractivity contribution in [1.29, 1.82) is 0 Å². The highest BCUT2D eigenvalue weighted by atomic mass is 32.1. The van der Waals surface area contributed by atoms with E-state index in [-0.39, 0.29) is 0 Å². The predicted octanol–water partition coefficient (Wildman–Crippen LogP) is 5.85. The van der Waals surface area contributed by atoms with Crippen LogP contribution in [0.2, 0.25) is 0 Å². The van der Waals surface area contributed by atoms with Gasteiger partial charge in [-0.05, 0) is 29.6 Å². The van der Waals surface area contributed by atoms with E-state index < -0.39 is 0 Å². The molecule has 0 fully saturated rings. The van der Waals surface area contributed by atoms with Gasteiger partial charge in [-0.25, -0.2) is 9.99 Å². The molecule has 7 heteroatoms. The number of thiophene rings is 1. The van der Waals surface area contributed by atoms with Crippen molar-refractivity contribution in [3.05, 3.63) is 71.1 Å². The van der Waals surface area contributed by atoms with E-state index in [1.807, 2.05) is 66.6 Å². The Morgan fingerprint density at radius 2 is 1.91 bits per heavy atom. The molecule has 1 N–H and O–H groups in total. The Bertz CT molecular complexity index is 1030. The van der Waals surface area contributed by atoms with Gasteiger partial charge in [0.25, 0.3) is 0 Å². The number of nitrogens with zero attached hydrogens (tertiary/aromatic N) is 5. The number of aromatic nitrogens is 2. The highest BCUT2D eigenvalue weighted by Crippen LogP contribution is 2.22. The predicted molar refractivity (Wildman–Crippen MR) is 139 cm³/mol. The summed E-state index contributed by atoms with van der Waals surface area (Å²) in [7, 11) is 7.79. The molecule has 0 aliphatic rings. The lowest BCUT2D eigenvalue weighted by Gasteiger charge is -2.26. The molecule has 0 spiro atoms. The van der Waals surface area contributed by atoms with Crippen LogP contribution in [0, 0.1) is 0 Å². The van der Waals surface area contributed by atoms with Gasteiger partial charge < -0.3 is 10.3 Å². The average molecular weight is 453 g/mol. The number of unbranched alkanes of at least 4 members (excludes halogenated alkanes) is 2. The summed E-state index contributed by atoms with van der Waals surface area (Å²) in [5.41, 5.74) is 3.62. The second kappa shape index (κ2) is 12.8. The number of hydrogen-bond acceptors (Lipinski definition) is 6. The number of benzene rings is 1. The minimum absolute atomic E-state index is 0.683. The summed E-state index contributed by atoms with van der Waals surface area (Å²) < 4.78 is 1.96. The Morgan fingerprint density at radius 1 is 1.16 bits per heavy atom. The number of anilines is 3. The summed E-state index contributed by atoms with van der Waals surface area (Å²) in [5.74, 6) is 0.683. The first-order valence-electron chi connectivity index (χ1n) is 10.9. The first kappa shape index (κ1) is 25.4. The molecule has 0 bridgehead atoms. The molecule has 0 saturated carbocycles. The molecule has 2 heterocycles. The third kappa shape index (κ3) is 6.80. The van der Waals surface area contributed by atoms with E-state index in [1.165, 1.54) is 19.3 Å². The van der Waals surface area contributed by atoms with Crippen LogP contribution < -0.4 is 15.8 Å². The van der Waals surface area contributed by atoms with Crippen LogP contribution in [-0.4, -0.2) is 42.8 Å². The summed E-state index contributed by atoms with van der Waals surface area (Å²) in [6, 6.07) is 12.2. The van der Waals surface area contributed by atoms with Crippen LogP contribution in [-0.2, 0) is 0 Å². The topological polar surface area (TPSA) is 48.7 Å². The zero-order valence-electron chi connectivity index (χ0n) is 20.2. The van der Waals surface area contributed by atoms with Crippen molar-refractivity contribution >= 4 is 34.2 Å². The Morgan fingerprint density at radius 3 is 2.47 bits per heavy atom. The van der Waals surface area contributed by atoms with Gasteiger partial charge in [-0.15, -0.1) is 11.3 Å². The number of rotatable bonds is 8. The van der Waals surface area contributed by atoms with Crippen molar-refractivity contribution in [2.75, 3.05) is 38.5 Å². The molecule has 0 aliphatic carbocycles. The lowest BCUT2D eigenvalue weighted by Crippen LogP contribution is -2.32. The Balaban J connectivity index is 0.000000654. The van der Waals surface area contributed by atoms with Gasteiger partial charge in [0.15, 0.2) is 11.3 Å². The molecule has 0 aliphatic heterocycles. The molecule has 3 rings (SSSR count). The quantitative estimate of drug-likeness (QED) is 0.436. The maximum Gasteiger partial charge on any atom is 0.175 e. The van der Waals surface area contributed by atoms with E-state index in [4.69, 9.17) is 0 Å². The number of nitrogens with one attached hydrogen (secondary N) is 1. The minimum Gasteiger partial charge on any atom is -0.337 e. The zero-order chi connectivity index (χ0) is 23.5. The molecule has 0 unspecified atom stereocenters. The maximum atomic E-state index is 4.49. The first-order valence-corrected chi connectivity index (χ1v) is 11.8. The van der Waals surface area contributed by atoms with Crippen LogP contribution in [0.15, 0.2) is 65.7 Å². The van der Waals surface area contributed by atoms with Crippen LogP contribution in [0.25, 0.3) is 5.70 Å². The molecular formula is C25H36N6S. The molecule has 0 radical (unpaired) electrons. The van der Waals surface area contributed by atoms with E-state index in [0.717, 1.165) is 27.4 Å². The molecule has 3 aromatic rings. The largest absolute Gasteiger partial charge is 0.337 e. The molecule has 6 nitrogen and oxygen atoms in total. The van der Waals surface area contributed by atoms with Crippen LogP contribution in [0.5, 0.6) is 0 Å². The van der Waals surface area contributed by atoms with Gasteiger partial charge in [0.2, 0.25) is 0 Å². The fourth-order valence-corrected chi connectivity index (χ4v) is 3.70. The number of hydrazine groups is 1. The standard InChI is InChI=1S/C20H24N6S.C5H12/c1-15(18-10-7-13-27-18)26-12-11-22-19(20(26)21-2)23-16-8-6-9-17(14-16)25(5)24(3)4;1-3-5-4-2/h6-14H,1H2,2-5H3,(H,22,23);3-5H2,1-2H3. The first-order chi connectivity index (χ1) is 15.4. The van der Waals surface area contributed by atoms with Crippen molar-refractivity contribution in [3.8, 4) is 0 Å². The van der Waals surface area contributed by atoms with Gasteiger partial charge in [-0.2, -0.15) is 0 Å². The van der Waals surface area contributed by atoms with E-state index in [2.05, 4.69) is 52.9 Å². The third-order valence-electron chi connectivity index (χ3n) is 4.96. The van der Waals surface area contributed by atoms with Crippen LogP contribution in [0.1, 0.15) is 38.0 Å². The molecule has 172 valence electrons. The molecular weight excluding hydrogens is 416 g/mol. The third-order valence-corrected chi connectivity index (χ3v) is 5.88. The normalized spacial score (nSPS) is 11.2. The highest BCUT2D eigenvalue weighted by Gasteiger charge is 2.09. The van der Waals surface area contributed by atoms with Gasteiger partial charge in [0, 0.05) is 46.3 Å². The number of hydrogen-bond donors (Lipinski definition) is 1. The maximum absolute atomic E-state index is 4.49. The molecule has 32 heavy (non-hydrogen) atoms. The van der Waals surface area contributed by atoms with Crippen LogP contribution in [0.3, 0.4) is 0 Å². The second-order valence-corrected chi connectivity index (χ2v) is 8.46. The summed E-state index contributed by atoms with van der Waals surface area (Å²) in [6.07, 6.45) is 7.71. The SMILES string of the molecule is C=C(c1cccs1)n1ccnc(Nc2cccc(N(C)N(C)C)c2)c1=NC.CCCCC. The van der Waals surface area contributed by atoms with Crippen molar-refractivity contribution < 1.29 is 0 Å². The Labute approximate surface area is 196 Å². The fourth-order valence-electron chi connectivity index (χ4n) is 3.00. The lowest BCUT2D eigenvalue weighted by atomic mass is 10.2. The van der Waals surface area contributed by atoms with Gasteiger partial charge in [-0.1, -0.05) is 51.8 Å². The second-order valence-electron chi connectivity index (χ2n) is 7.52. The molecule has 0 amide bonds. The van der Waals surface area contributed by atoms with E-state index >= 15 is 0 Å². The smallest absolute Gasteiger partial charge is 0.175 e. The molecule has 0 saturated heterocycles. The zero-order valence-corrected chi connectivity index (χ0v) is 21.0. The summed E-state index contributed by atoms with van der Waals surface area (Å²) in [6.45, 7) is 8.65. The Hall–Kier alpha value is -2.90. The van der Waals surface area contributed by atoms with Gasteiger partial charge in [-0.3, -0.25) is 9.56 Å². The van der Waals surface area contributed by atoms with Crippen molar-refractivity contribution in [2.24, 2.45) is 4.99 Å². The van der Waals surface area contributed by atoms with Gasteiger partial charge in [0.1, 0.15) is 0 Å². The van der Waals surface area contributed by atoms with Crippen molar-refractivity contribution in [1.82, 2.24) is 14.6 Å². The summed E-state index contributed by atoms with van der Waals surface area (Å²) >= 11 is 1.65. The van der Waals surface area contributed by atoms with Gasteiger partial charge in [0.05, 0.1) is 16.3 Å². The van der Waals surface area contributed by atoms with Crippen LogP contribution >= 0.6 is 11.3 Å². The monoisotopic (exact) mass is 452 g/mol. The highest BCUT2D eigenvalue weighted by molar-refractivity contribution is 7.11. The van der Waals surface area contributed by atoms with E-state index in [1.54, 1.807) is 24.6 Å². The summed E-state index contributed by atoms with van der Waals surface area (Å²) in [4.78, 5) is 10.0. The fraction of sp³-hybridized carbons (Fsp3) is 0.360. The van der Waals surface area contributed by atoms with Crippen LogP contribution in [0.4, 0.5) is 17.2 Å². The molecule has 2 aromatic heterocycles. The minimum atomic E-state index is 0.683. The Kier molecular flexibility index (Phi) is 10.2. The molecule has 1 aromatic carbocycles. The lowest BCUT2D eigenvalue weighted by molar-refractivity contribution is 0.397. The van der Waals surface area contributed by atoms with E-state index in [9.17, 15) is 0 Å². The molecule has 0 atom stereocenters. The van der Waals surface area contributed by atoms with Crippen molar-refractivity contribution in [2.45, 2.75) is 33.1 Å².